The molecular weight excluding hydrogens is 364 g/mol. The van der Waals surface area contributed by atoms with Crippen molar-refractivity contribution in [3.63, 3.8) is 0 Å². The van der Waals surface area contributed by atoms with Gasteiger partial charge in [0.2, 0.25) is 0 Å². The Hall–Kier alpha value is -3.99. The predicted octanol–water partition coefficient (Wildman–Crippen LogP) is 5.06. The fourth-order valence-electron chi connectivity index (χ4n) is 3.30. The minimum atomic E-state index is -0.438. The third kappa shape index (κ3) is 3.99. The topological polar surface area (TPSA) is 63.4 Å². The molecule has 5 heteroatoms. The Bertz CT molecular complexity index is 1100. The second kappa shape index (κ2) is 7.94. The van der Waals surface area contributed by atoms with Gasteiger partial charge in [0.05, 0.1) is 17.2 Å². The second-order valence-electron chi connectivity index (χ2n) is 6.72. The quantitative estimate of drug-likeness (QED) is 0.352. The Morgan fingerprint density at radius 2 is 1.48 bits per heavy atom. The highest BCUT2D eigenvalue weighted by Crippen LogP contribution is 2.32. The van der Waals surface area contributed by atoms with E-state index in [4.69, 9.17) is 0 Å². The highest BCUT2D eigenvalue weighted by molar-refractivity contribution is 6.10. The standard InChI is InChI=1S/C24H18N2O3/c27-24-21(15-18-11-13-22(14-12-18)26(28)29)16-23(20-9-5-2-6-10-20)25(24)17-19-7-3-1-4-8-19/h1-16H,17H2. The summed E-state index contributed by atoms with van der Waals surface area (Å²) in [6.45, 7) is 0.470. The van der Waals surface area contributed by atoms with Gasteiger partial charge in [-0.3, -0.25) is 14.9 Å². The van der Waals surface area contributed by atoms with Crippen LogP contribution in [0.2, 0.25) is 0 Å². The van der Waals surface area contributed by atoms with Crippen molar-refractivity contribution >= 4 is 23.4 Å². The molecule has 4 rings (SSSR count). The van der Waals surface area contributed by atoms with Crippen molar-refractivity contribution in [3.8, 4) is 0 Å². The lowest BCUT2D eigenvalue weighted by molar-refractivity contribution is -0.384. The molecule has 0 bridgehead atoms. The van der Waals surface area contributed by atoms with Crippen LogP contribution in [0.25, 0.3) is 11.8 Å². The van der Waals surface area contributed by atoms with Gasteiger partial charge in [-0.1, -0.05) is 60.7 Å². The third-order valence-electron chi connectivity index (χ3n) is 4.75. The van der Waals surface area contributed by atoms with Crippen molar-refractivity contribution < 1.29 is 9.72 Å². The molecule has 1 aliphatic rings. The number of amides is 1. The van der Waals surface area contributed by atoms with Gasteiger partial charge in [-0.05, 0) is 41.0 Å². The first kappa shape index (κ1) is 18.4. The number of nitro groups is 1. The van der Waals surface area contributed by atoms with E-state index < -0.39 is 4.92 Å². The molecule has 0 aromatic heterocycles. The Labute approximate surface area is 168 Å². The highest BCUT2D eigenvalue weighted by atomic mass is 16.6. The van der Waals surface area contributed by atoms with Crippen LogP contribution in [0.15, 0.2) is 96.6 Å². The summed E-state index contributed by atoms with van der Waals surface area (Å²) in [5.41, 5.74) is 4.16. The van der Waals surface area contributed by atoms with Crippen LogP contribution in [0.3, 0.4) is 0 Å². The Morgan fingerprint density at radius 3 is 2.10 bits per heavy atom. The predicted molar refractivity (Wildman–Crippen MR) is 112 cm³/mol. The van der Waals surface area contributed by atoms with Crippen molar-refractivity contribution in [1.29, 1.82) is 0 Å². The van der Waals surface area contributed by atoms with E-state index in [0.29, 0.717) is 12.1 Å². The number of nitrogens with zero attached hydrogens (tertiary/aromatic N) is 2. The lowest BCUT2D eigenvalue weighted by Crippen LogP contribution is -2.25. The summed E-state index contributed by atoms with van der Waals surface area (Å²) in [5.74, 6) is -0.0916. The zero-order valence-corrected chi connectivity index (χ0v) is 15.6. The van der Waals surface area contributed by atoms with Crippen LogP contribution in [0.5, 0.6) is 0 Å². The summed E-state index contributed by atoms with van der Waals surface area (Å²) in [7, 11) is 0. The lowest BCUT2D eigenvalue weighted by Gasteiger charge is -2.20. The van der Waals surface area contributed by atoms with Crippen LogP contribution < -0.4 is 0 Å². The number of nitro benzene ring substituents is 1. The summed E-state index contributed by atoms with van der Waals surface area (Å²) in [4.78, 5) is 25.3. The fourth-order valence-corrected chi connectivity index (χ4v) is 3.30. The van der Waals surface area contributed by atoms with Gasteiger partial charge < -0.3 is 4.90 Å². The van der Waals surface area contributed by atoms with Crippen LogP contribution in [0, 0.1) is 10.1 Å². The van der Waals surface area contributed by atoms with Crippen LogP contribution >= 0.6 is 0 Å². The van der Waals surface area contributed by atoms with Gasteiger partial charge in [-0.25, -0.2) is 0 Å². The first-order chi connectivity index (χ1) is 14.1. The number of carbonyl (C=O) groups excluding carboxylic acids is 1. The highest BCUT2D eigenvalue weighted by Gasteiger charge is 2.29. The van der Waals surface area contributed by atoms with E-state index in [9.17, 15) is 14.9 Å². The van der Waals surface area contributed by atoms with Crippen LogP contribution in [-0.4, -0.2) is 15.7 Å². The van der Waals surface area contributed by atoms with Gasteiger partial charge in [-0.15, -0.1) is 0 Å². The number of benzene rings is 3. The number of non-ortho nitro benzene ring substituents is 1. The summed E-state index contributed by atoms with van der Waals surface area (Å²) in [6, 6.07) is 25.8. The van der Waals surface area contributed by atoms with Gasteiger partial charge >= 0.3 is 0 Å². The van der Waals surface area contributed by atoms with Crippen molar-refractivity contribution in [1.82, 2.24) is 4.90 Å². The molecule has 0 fully saturated rings. The molecule has 29 heavy (non-hydrogen) atoms. The first-order valence-corrected chi connectivity index (χ1v) is 9.21. The van der Waals surface area contributed by atoms with Gasteiger partial charge in [0.15, 0.2) is 0 Å². The fraction of sp³-hybridized carbons (Fsp3) is 0.0417. The van der Waals surface area contributed by atoms with E-state index in [2.05, 4.69) is 0 Å². The molecule has 0 saturated heterocycles. The first-order valence-electron chi connectivity index (χ1n) is 9.21. The summed E-state index contributed by atoms with van der Waals surface area (Å²) < 4.78 is 0. The largest absolute Gasteiger partial charge is 0.303 e. The number of hydrogen-bond donors (Lipinski definition) is 0. The van der Waals surface area contributed by atoms with Crippen molar-refractivity contribution in [3.05, 3.63) is 123 Å². The Kier molecular flexibility index (Phi) is 5.03. The van der Waals surface area contributed by atoms with Crippen LogP contribution in [0.4, 0.5) is 5.69 Å². The molecular formula is C24H18N2O3. The van der Waals surface area contributed by atoms with Crippen LogP contribution in [0.1, 0.15) is 16.7 Å². The van der Waals surface area contributed by atoms with Gasteiger partial charge in [0.1, 0.15) is 0 Å². The maximum atomic E-state index is 13.2. The normalized spacial score (nSPS) is 14.9. The molecule has 0 spiro atoms. The molecule has 0 unspecified atom stereocenters. The maximum absolute atomic E-state index is 13.2. The minimum absolute atomic E-state index is 0.0242. The molecule has 3 aromatic rings. The molecule has 0 aliphatic carbocycles. The Morgan fingerprint density at radius 1 is 0.862 bits per heavy atom. The van der Waals surface area contributed by atoms with Crippen molar-refractivity contribution in [2.24, 2.45) is 0 Å². The molecule has 0 atom stereocenters. The third-order valence-corrected chi connectivity index (χ3v) is 4.75. The van der Waals surface area contributed by atoms with Crippen LogP contribution in [-0.2, 0) is 11.3 Å². The molecule has 0 radical (unpaired) electrons. The van der Waals surface area contributed by atoms with E-state index in [1.54, 1.807) is 23.1 Å². The monoisotopic (exact) mass is 382 g/mol. The smallest absolute Gasteiger partial charge is 0.269 e. The van der Waals surface area contributed by atoms with Crippen molar-refractivity contribution in [2.75, 3.05) is 0 Å². The molecule has 1 aliphatic heterocycles. The Balaban J connectivity index is 1.70. The zero-order chi connectivity index (χ0) is 20.2. The number of carbonyl (C=O) groups is 1. The molecule has 1 amide bonds. The lowest BCUT2D eigenvalue weighted by atomic mass is 10.1. The molecule has 142 valence electrons. The minimum Gasteiger partial charge on any atom is -0.303 e. The van der Waals surface area contributed by atoms with Gasteiger partial charge in [0, 0.05) is 17.7 Å². The van der Waals surface area contributed by atoms with E-state index in [1.807, 2.05) is 66.7 Å². The van der Waals surface area contributed by atoms with E-state index in [1.165, 1.54) is 12.1 Å². The van der Waals surface area contributed by atoms with E-state index >= 15 is 0 Å². The van der Waals surface area contributed by atoms with Crippen molar-refractivity contribution in [2.45, 2.75) is 6.54 Å². The van der Waals surface area contributed by atoms with E-state index in [-0.39, 0.29) is 11.6 Å². The molecule has 0 N–H and O–H groups in total. The van der Waals surface area contributed by atoms with Gasteiger partial charge in [0.25, 0.3) is 11.6 Å². The number of hydrogen-bond acceptors (Lipinski definition) is 3. The summed E-state index contributed by atoms with van der Waals surface area (Å²) in [5, 5.41) is 10.8. The zero-order valence-electron chi connectivity index (χ0n) is 15.6. The maximum Gasteiger partial charge on any atom is 0.269 e. The molecule has 3 aromatic carbocycles. The molecule has 0 saturated carbocycles. The van der Waals surface area contributed by atoms with Gasteiger partial charge in [-0.2, -0.15) is 0 Å². The average molecular weight is 382 g/mol. The molecule has 1 heterocycles. The number of rotatable bonds is 5. The summed E-state index contributed by atoms with van der Waals surface area (Å²) in [6.07, 6.45) is 3.64. The van der Waals surface area contributed by atoms with E-state index in [0.717, 1.165) is 22.4 Å². The second-order valence-corrected chi connectivity index (χ2v) is 6.72. The summed E-state index contributed by atoms with van der Waals surface area (Å²) >= 11 is 0. The SMILES string of the molecule is O=C1C(=Cc2ccc([N+](=O)[O-])cc2)C=C(c2ccccc2)N1Cc1ccccc1. The molecule has 5 nitrogen and oxygen atoms in total. The average Bonchev–Trinajstić information content (AvgIpc) is 3.05.